The number of aromatic nitrogens is 2. The number of rotatable bonds is 8. The molecule has 0 bridgehead atoms. The summed E-state index contributed by atoms with van der Waals surface area (Å²) >= 11 is 0. The second kappa shape index (κ2) is 10.1. The minimum atomic E-state index is -0.516. The van der Waals surface area contributed by atoms with Crippen molar-refractivity contribution in [3.8, 4) is 5.75 Å². The van der Waals surface area contributed by atoms with Gasteiger partial charge >= 0.3 is 5.97 Å². The van der Waals surface area contributed by atoms with Gasteiger partial charge in [-0.15, -0.1) is 0 Å². The third-order valence-corrected chi connectivity index (χ3v) is 5.65. The van der Waals surface area contributed by atoms with Gasteiger partial charge in [0.1, 0.15) is 11.4 Å². The molecule has 0 saturated carbocycles. The fraction of sp³-hybridized carbons (Fsp3) is 0.280. The highest BCUT2D eigenvalue weighted by molar-refractivity contribution is 6.06. The van der Waals surface area contributed by atoms with E-state index in [4.69, 9.17) is 9.47 Å². The van der Waals surface area contributed by atoms with Crippen molar-refractivity contribution in [3.63, 3.8) is 0 Å². The lowest BCUT2D eigenvalue weighted by atomic mass is 10.0. The third-order valence-electron chi connectivity index (χ3n) is 5.65. The Morgan fingerprint density at radius 3 is 2.39 bits per heavy atom. The number of carbonyl (C=O) groups is 3. The Labute approximate surface area is 192 Å². The molecular formula is C25H27N3O5. The standard InChI is InChI=1S/C25H27N3O5/c1-16-22(17(2)27(3)23(16)25(31)33-5)21(29)15-28(14-18-9-11-26-12-10-18)24(30)19-7-6-8-20(13-19)32-4/h6-13H,14-15H2,1-5H3. The highest BCUT2D eigenvalue weighted by Gasteiger charge is 2.28. The number of methoxy groups -OCH3 is 2. The van der Waals surface area contributed by atoms with E-state index in [0.717, 1.165) is 5.56 Å². The predicted molar refractivity (Wildman–Crippen MR) is 123 cm³/mol. The van der Waals surface area contributed by atoms with Gasteiger partial charge in [-0.2, -0.15) is 0 Å². The molecule has 8 nitrogen and oxygen atoms in total. The van der Waals surface area contributed by atoms with E-state index in [-0.39, 0.29) is 24.8 Å². The summed E-state index contributed by atoms with van der Waals surface area (Å²) in [5, 5.41) is 0. The minimum absolute atomic E-state index is 0.162. The van der Waals surface area contributed by atoms with Gasteiger partial charge in [0.15, 0.2) is 5.78 Å². The van der Waals surface area contributed by atoms with Crippen molar-refractivity contribution in [1.82, 2.24) is 14.5 Å². The maximum atomic E-state index is 13.4. The van der Waals surface area contributed by atoms with Crippen LogP contribution in [0, 0.1) is 13.8 Å². The van der Waals surface area contributed by atoms with E-state index in [0.29, 0.717) is 33.8 Å². The predicted octanol–water partition coefficient (Wildman–Crippen LogP) is 3.36. The number of Topliss-reactive ketones (excluding diaryl/α,β-unsaturated/α-hetero) is 1. The van der Waals surface area contributed by atoms with Gasteiger partial charge in [-0.05, 0) is 55.3 Å². The molecule has 1 amide bonds. The Morgan fingerprint density at radius 1 is 1.06 bits per heavy atom. The Morgan fingerprint density at radius 2 is 1.76 bits per heavy atom. The summed E-state index contributed by atoms with van der Waals surface area (Å²) in [4.78, 5) is 44.5. The van der Waals surface area contributed by atoms with E-state index in [1.54, 1.807) is 74.3 Å². The summed E-state index contributed by atoms with van der Waals surface area (Å²) in [6.45, 7) is 3.54. The van der Waals surface area contributed by atoms with E-state index in [1.165, 1.54) is 19.1 Å². The Balaban J connectivity index is 1.97. The lowest BCUT2D eigenvalue weighted by molar-refractivity contribution is 0.0588. The SMILES string of the molecule is COC(=O)c1c(C)c(C(=O)CN(Cc2ccncc2)C(=O)c2cccc(OC)c2)c(C)n1C. The number of pyridine rings is 1. The maximum Gasteiger partial charge on any atom is 0.354 e. The number of ketones is 1. The van der Waals surface area contributed by atoms with Crippen LogP contribution in [0.15, 0.2) is 48.8 Å². The van der Waals surface area contributed by atoms with Crippen molar-refractivity contribution in [1.29, 1.82) is 0 Å². The lowest BCUT2D eigenvalue weighted by Crippen LogP contribution is -2.35. The number of amides is 1. The van der Waals surface area contributed by atoms with Crippen LogP contribution in [0.2, 0.25) is 0 Å². The largest absolute Gasteiger partial charge is 0.497 e. The summed E-state index contributed by atoms with van der Waals surface area (Å²) in [5.41, 5.74) is 3.15. The van der Waals surface area contributed by atoms with Crippen LogP contribution < -0.4 is 4.74 Å². The number of esters is 1. The molecule has 3 aromatic rings. The summed E-state index contributed by atoms with van der Waals surface area (Å²) in [7, 11) is 4.54. The van der Waals surface area contributed by atoms with Gasteiger partial charge in [-0.25, -0.2) is 4.79 Å². The van der Waals surface area contributed by atoms with Gasteiger partial charge in [0.2, 0.25) is 0 Å². The maximum absolute atomic E-state index is 13.4. The molecule has 3 rings (SSSR count). The zero-order valence-corrected chi connectivity index (χ0v) is 19.4. The number of benzene rings is 1. The molecule has 0 spiro atoms. The Bertz CT molecular complexity index is 1180. The molecule has 0 atom stereocenters. The van der Waals surface area contributed by atoms with Crippen molar-refractivity contribution in [2.45, 2.75) is 20.4 Å². The fourth-order valence-electron chi connectivity index (χ4n) is 3.87. The number of hydrogen-bond donors (Lipinski definition) is 0. The van der Waals surface area contributed by atoms with Crippen molar-refractivity contribution >= 4 is 17.7 Å². The second-order valence-electron chi connectivity index (χ2n) is 7.66. The summed E-state index contributed by atoms with van der Waals surface area (Å²) in [6.07, 6.45) is 3.28. The van der Waals surface area contributed by atoms with Crippen molar-refractivity contribution in [2.24, 2.45) is 7.05 Å². The molecule has 8 heteroatoms. The Hall–Kier alpha value is -3.94. The molecule has 1 aromatic carbocycles. The van der Waals surface area contributed by atoms with Gasteiger partial charge in [0.25, 0.3) is 5.91 Å². The average molecular weight is 450 g/mol. The van der Waals surface area contributed by atoms with E-state index in [2.05, 4.69) is 4.98 Å². The lowest BCUT2D eigenvalue weighted by Gasteiger charge is -2.23. The first-order chi connectivity index (χ1) is 15.8. The zero-order chi connectivity index (χ0) is 24.1. The molecule has 0 unspecified atom stereocenters. The number of ether oxygens (including phenoxy) is 2. The van der Waals surface area contributed by atoms with Gasteiger partial charge in [-0.1, -0.05) is 6.07 Å². The first-order valence-corrected chi connectivity index (χ1v) is 10.4. The highest BCUT2D eigenvalue weighted by Crippen LogP contribution is 2.24. The minimum Gasteiger partial charge on any atom is -0.497 e. The summed E-state index contributed by atoms with van der Waals surface area (Å²) < 4.78 is 11.8. The normalized spacial score (nSPS) is 10.6. The molecule has 2 aromatic heterocycles. The van der Waals surface area contributed by atoms with Gasteiger partial charge in [0.05, 0.1) is 20.8 Å². The van der Waals surface area contributed by atoms with Crippen molar-refractivity contribution in [3.05, 3.63) is 82.4 Å². The molecular weight excluding hydrogens is 422 g/mol. The molecule has 0 aliphatic heterocycles. The van der Waals surface area contributed by atoms with Crippen LogP contribution in [-0.4, -0.2) is 52.9 Å². The molecule has 0 aliphatic rings. The van der Waals surface area contributed by atoms with E-state index in [9.17, 15) is 14.4 Å². The number of carbonyl (C=O) groups excluding carboxylic acids is 3. The molecule has 33 heavy (non-hydrogen) atoms. The molecule has 172 valence electrons. The van der Waals surface area contributed by atoms with Crippen molar-refractivity contribution < 1.29 is 23.9 Å². The summed E-state index contributed by atoms with van der Waals surface area (Å²) in [6, 6.07) is 10.4. The molecule has 0 saturated heterocycles. The third kappa shape index (κ3) is 4.95. The van der Waals surface area contributed by atoms with Gasteiger partial charge in [0, 0.05) is 42.8 Å². The van der Waals surface area contributed by atoms with Crippen LogP contribution in [0.5, 0.6) is 5.75 Å². The van der Waals surface area contributed by atoms with Gasteiger partial charge < -0.3 is 18.9 Å². The Kier molecular flexibility index (Phi) is 7.27. The zero-order valence-electron chi connectivity index (χ0n) is 19.4. The molecule has 2 heterocycles. The first kappa shape index (κ1) is 23.7. The van der Waals surface area contributed by atoms with Crippen LogP contribution >= 0.6 is 0 Å². The van der Waals surface area contributed by atoms with Gasteiger partial charge in [-0.3, -0.25) is 14.6 Å². The first-order valence-electron chi connectivity index (χ1n) is 10.4. The molecule has 0 fully saturated rings. The second-order valence-corrected chi connectivity index (χ2v) is 7.66. The van der Waals surface area contributed by atoms with Crippen LogP contribution in [0.1, 0.15) is 48.0 Å². The number of nitrogens with zero attached hydrogens (tertiary/aromatic N) is 3. The van der Waals surface area contributed by atoms with E-state index in [1.807, 2.05) is 0 Å². The fourth-order valence-corrected chi connectivity index (χ4v) is 3.87. The van der Waals surface area contributed by atoms with Crippen LogP contribution in [0.4, 0.5) is 0 Å². The van der Waals surface area contributed by atoms with Crippen LogP contribution in [0.3, 0.4) is 0 Å². The molecule has 0 aliphatic carbocycles. The van der Waals surface area contributed by atoms with E-state index >= 15 is 0 Å². The summed E-state index contributed by atoms with van der Waals surface area (Å²) in [5.74, 6) is -0.536. The monoisotopic (exact) mass is 449 g/mol. The highest BCUT2D eigenvalue weighted by atomic mass is 16.5. The topological polar surface area (TPSA) is 90.7 Å². The average Bonchev–Trinajstić information content (AvgIpc) is 3.06. The van der Waals surface area contributed by atoms with E-state index < -0.39 is 5.97 Å². The van der Waals surface area contributed by atoms with Crippen LogP contribution in [-0.2, 0) is 18.3 Å². The van der Waals surface area contributed by atoms with Crippen LogP contribution in [0.25, 0.3) is 0 Å². The number of hydrogen-bond acceptors (Lipinski definition) is 6. The molecule has 0 radical (unpaired) electrons. The van der Waals surface area contributed by atoms with Crippen molar-refractivity contribution in [2.75, 3.05) is 20.8 Å². The quantitative estimate of drug-likeness (QED) is 0.387. The smallest absolute Gasteiger partial charge is 0.354 e. The molecule has 0 N–H and O–H groups in total.